The molecule has 0 amide bonds. The van der Waals surface area contributed by atoms with Gasteiger partial charge in [0.05, 0.1) is 29.6 Å². The number of aromatic nitrogens is 4. The zero-order valence-electron chi connectivity index (χ0n) is 18.3. The van der Waals surface area contributed by atoms with Gasteiger partial charge in [0.15, 0.2) is 5.65 Å². The van der Waals surface area contributed by atoms with Gasteiger partial charge < -0.3 is 9.52 Å². The minimum absolute atomic E-state index is 0.143. The molecule has 6 aromatic rings. The molecule has 0 radical (unpaired) electrons. The lowest BCUT2D eigenvalue weighted by Gasteiger charge is -2.22. The van der Waals surface area contributed by atoms with Crippen molar-refractivity contribution in [1.82, 2.24) is 19.4 Å². The molecular formula is C28H20N4O2. The fourth-order valence-corrected chi connectivity index (χ4v) is 5.05. The number of fused-ring (bicyclic) bond motifs is 6. The molecule has 6 heteroatoms. The Bertz CT molecular complexity index is 1690. The maximum atomic E-state index is 11.4. The highest BCUT2D eigenvalue weighted by Gasteiger charge is 2.27. The van der Waals surface area contributed by atoms with Gasteiger partial charge in [-0.15, -0.1) is 0 Å². The third-order valence-electron chi connectivity index (χ3n) is 6.63. The predicted octanol–water partition coefficient (Wildman–Crippen LogP) is 5.60. The van der Waals surface area contributed by atoms with E-state index in [-0.39, 0.29) is 5.88 Å². The standard InChI is InChI=1S/C28H20N4O2/c33-28-23(16-18-7-5-15-34-18)30-27-26(21-13-14-29-22-10-4-3-9-20(21)22)31-25-19-8-2-1-6-17(19)11-12-24(25)32(27)28/h1-10,13-15,33H,11-12,16H2. The number of benzene rings is 2. The minimum atomic E-state index is 0.143. The molecule has 0 atom stereocenters. The fourth-order valence-electron chi connectivity index (χ4n) is 5.05. The average molecular weight is 444 g/mol. The number of para-hydroxylation sites is 1. The average Bonchev–Trinajstić information content (AvgIpc) is 3.51. The molecule has 0 aliphatic heterocycles. The molecular weight excluding hydrogens is 424 g/mol. The van der Waals surface area contributed by atoms with Crippen molar-refractivity contribution in [3.8, 4) is 28.4 Å². The van der Waals surface area contributed by atoms with Crippen molar-refractivity contribution in [3.05, 3.63) is 102 Å². The summed E-state index contributed by atoms with van der Waals surface area (Å²) in [7, 11) is 0. The molecule has 0 bridgehead atoms. The quantitative estimate of drug-likeness (QED) is 0.385. The van der Waals surface area contributed by atoms with Crippen LogP contribution in [0.4, 0.5) is 0 Å². The Morgan fingerprint density at radius 2 is 1.74 bits per heavy atom. The van der Waals surface area contributed by atoms with E-state index in [2.05, 4.69) is 29.2 Å². The number of imidazole rings is 1. The third kappa shape index (κ3) is 2.78. The van der Waals surface area contributed by atoms with Crippen LogP contribution >= 0.6 is 0 Å². The van der Waals surface area contributed by atoms with E-state index in [0.29, 0.717) is 17.8 Å². The number of pyridine rings is 1. The van der Waals surface area contributed by atoms with Gasteiger partial charge in [-0.2, -0.15) is 0 Å². The number of hydrogen-bond acceptors (Lipinski definition) is 5. The molecule has 0 unspecified atom stereocenters. The lowest BCUT2D eigenvalue weighted by molar-refractivity contribution is 0.435. The molecule has 6 nitrogen and oxygen atoms in total. The second-order valence-electron chi connectivity index (χ2n) is 8.59. The minimum Gasteiger partial charge on any atom is -0.493 e. The second-order valence-corrected chi connectivity index (χ2v) is 8.59. The predicted molar refractivity (Wildman–Crippen MR) is 130 cm³/mol. The summed E-state index contributed by atoms with van der Waals surface area (Å²) < 4.78 is 7.43. The Morgan fingerprint density at radius 1 is 0.853 bits per heavy atom. The zero-order chi connectivity index (χ0) is 22.6. The third-order valence-corrected chi connectivity index (χ3v) is 6.63. The van der Waals surface area contributed by atoms with Crippen molar-refractivity contribution in [2.24, 2.45) is 0 Å². The number of aryl methyl sites for hydroxylation is 2. The Morgan fingerprint density at radius 3 is 2.65 bits per heavy atom. The summed E-state index contributed by atoms with van der Waals surface area (Å²) >= 11 is 0. The summed E-state index contributed by atoms with van der Waals surface area (Å²) in [5, 5.41) is 12.4. The summed E-state index contributed by atoms with van der Waals surface area (Å²) in [6.45, 7) is 0. The van der Waals surface area contributed by atoms with Crippen molar-refractivity contribution in [2.45, 2.75) is 19.3 Å². The van der Waals surface area contributed by atoms with Crippen LogP contribution in [0.3, 0.4) is 0 Å². The number of rotatable bonds is 3. The molecule has 0 spiro atoms. The number of furan rings is 1. The highest BCUT2D eigenvalue weighted by atomic mass is 16.3. The molecule has 0 saturated heterocycles. The maximum absolute atomic E-state index is 11.4. The number of aromatic hydroxyl groups is 1. The molecule has 0 fully saturated rings. The van der Waals surface area contributed by atoms with Gasteiger partial charge in [0.25, 0.3) is 0 Å². The zero-order valence-corrected chi connectivity index (χ0v) is 18.3. The topological polar surface area (TPSA) is 76.5 Å². The highest BCUT2D eigenvalue weighted by Crippen LogP contribution is 2.39. The molecule has 34 heavy (non-hydrogen) atoms. The van der Waals surface area contributed by atoms with Gasteiger partial charge in [-0.05, 0) is 42.7 Å². The van der Waals surface area contributed by atoms with E-state index in [1.54, 1.807) is 12.5 Å². The van der Waals surface area contributed by atoms with Crippen LogP contribution in [0, 0.1) is 0 Å². The smallest absolute Gasteiger partial charge is 0.220 e. The van der Waals surface area contributed by atoms with Crippen LogP contribution < -0.4 is 0 Å². The molecule has 1 aliphatic rings. The van der Waals surface area contributed by atoms with Gasteiger partial charge >= 0.3 is 0 Å². The van der Waals surface area contributed by atoms with Crippen molar-refractivity contribution in [1.29, 1.82) is 0 Å². The molecule has 2 aromatic carbocycles. The van der Waals surface area contributed by atoms with Gasteiger partial charge in [-0.3, -0.25) is 9.38 Å². The van der Waals surface area contributed by atoms with Crippen molar-refractivity contribution in [2.75, 3.05) is 0 Å². The normalized spacial score (nSPS) is 12.7. The van der Waals surface area contributed by atoms with E-state index >= 15 is 0 Å². The molecule has 0 saturated carbocycles. The summed E-state index contributed by atoms with van der Waals surface area (Å²) in [6, 6.07) is 22.1. The largest absolute Gasteiger partial charge is 0.493 e. The van der Waals surface area contributed by atoms with Gasteiger partial charge in [0.2, 0.25) is 5.88 Å². The van der Waals surface area contributed by atoms with Crippen LogP contribution in [0.15, 0.2) is 83.6 Å². The summed E-state index contributed by atoms with van der Waals surface area (Å²) in [4.78, 5) is 14.6. The number of nitrogens with zero attached hydrogens (tertiary/aromatic N) is 4. The van der Waals surface area contributed by atoms with E-state index in [1.807, 2.05) is 46.9 Å². The van der Waals surface area contributed by atoms with Crippen LogP contribution in [0.5, 0.6) is 5.88 Å². The van der Waals surface area contributed by atoms with Crippen molar-refractivity contribution in [3.63, 3.8) is 0 Å². The van der Waals surface area contributed by atoms with Gasteiger partial charge in [-0.1, -0.05) is 42.5 Å². The SMILES string of the molecule is Oc1c(Cc2ccco2)nc2c(-c3ccnc4ccccc34)nc3c(n12)CCc1ccccc1-3. The Labute approximate surface area is 195 Å². The maximum Gasteiger partial charge on any atom is 0.220 e. The second kappa shape index (κ2) is 7.28. The summed E-state index contributed by atoms with van der Waals surface area (Å²) in [5.74, 6) is 0.894. The van der Waals surface area contributed by atoms with E-state index in [0.717, 1.165) is 57.7 Å². The van der Waals surface area contributed by atoms with E-state index < -0.39 is 0 Å². The molecule has 164 valence electrons. The van der Waals surface area contributed by atoms with E-state index in [9.17, 15) is 5.11 Å². The van der Waals surface area contributed by atoms with Gasteiger partial charge in [-0.25, -0.2) is 9.97 Å². The molecule has 4 heterocycles. The van der Waals surface area contributed by atoms with Gasteiger partial charge in [0, 0.05) is 22.7 Å². The first-order valence-electron chi connectivity index (χ1n) is 11.4. The van der Waals surface area contributed by atoms with Crippen LogP contribution in [0.2, 0.25) is 0 Å². The fraction of sp³-hybridized carbons (Fsp3) is 0.107. The van der Waals surface area contributed by atoms with E-state index in [1.165, 1.54) is 5.56 Å². The lowest BCUT2D eigenvalue weighted by atomic mass is 9.91. The number of hydrogen-bond donors (Lipinski definition) is 1. The highest BCUT2D eigenvalue weighted by molar-refractivity contribution is 5.97. The first-order valence-corrected chi connectivity index (χ1v) is 11.4. The first kappa shape index (κ1) is 19.1. The molecule has 7 rings (SSSR count). The van der Waals surface area contributed by atoms with Crippen LogP contribution in [-0.2, 0) is 19.3 Å². The van der Waals surface area contributed by atoms with Crippen LogP contribution in [-0.4, -0.2) is 24.5 Å². The lowest BCUT2D eigenvalue weighted by Crippen LogP contribution is -2.12. The van der Waals surface area contributed by atoms with Crippen LogP contribution in [0.25, 0.3) is 39.1 Å². The first-order chi connectivity index (χ1) is 16.8. The van der Waals surface area contributed by atoms with Crippen LogP contribution in [0.1, 0.15) is 22.7 Å². The monoisotopic (exact) mass is 444 g/mol. The van der Waals surface area contributed by atoms with E-state index in [4.69, 9.17) is 14.4 Å². The summed E-state index contributed by atoms with van der Waals surface area (Å²) in [5.41, 5.74) is 8.02. The molecule has 1 N–H and O–H groups in total. The Hall–Kier alpha value is -4.45. The van der Waals surface area contributed by atoms with Crippen molar-refractivity contribution < 1.29 is 9.52 Å². The Balaban J connectivity index is 1.58. The van der Waals surface area contributed by atoms with Crippen molar-refractivity contribution >= 4 is 16.6 Å². The summed E-state index contributed by atoms with van der Waals surface area (Å²) in [6.07, 6.45) is 5.51. The molecule has 4 aromatic heterocycles. The Kier molecular flexibility index (Phi) is 4.08. The molecule has 1 aliphatic carbocycles. The van der Waals surface area contributed by atoms with Gasteiger partial charge in [0.1, 0.15) is 17.1 Å².